The van der Waals surface area contributed by atoms with Crippen LogP contribution in [0, 0.1) is 0 Å². The average Bonchev–Trinajstić information content (AvgIpc) is 3.07. The van der Waals surface area contributed by atoms with Crippen LogP contribution in [-0.4, -0.2) is 46.1 Å². The summed E-state index contributed by atoms with van der Waals surface area (Å²) in [5, 5.41) is 33.0. The molecule has 5 heteroatoms. The molecule has 0 aromatic carbocycles. The maximum atomic E-state index is 12.4. The maximum Gasteiger partial charge on any atom is 0.249 e. The first-order valence-corrected chi connectivity index (χ1v) is 20.7. The van der Waals surface area contributed by atoms with Gasteiger partial charge in [-0.05, 0) is 32.1 Å². The summed E-state index contributed by atoms with van der Waals surface area (Å²) in [7, 11) is 0. The van der Waals surface area contributed by atoms with Gasteiger partial charge in [-0.3, -0.25) is 4.79 Å². The van der Waals surface area contributed by atoms with Crippen molar-refractivity contribution in [2.75, 3.05) is 6.61 Å². The van der Waals surface area contributed by atoms with Crippen LogP contribution in [0.25, 0.3) is 0 Å². The van der Waals surface area contributed by atoms with Crippen LogP contribution in [0.4, 0.5) is 0 Å². The zero-order chi connectivity index (χ0) is 34.5. The van der Waals surface area contributed by atoms with Crippen LogP contribution in [0.15, 0.2) is 24.3 Å². The number of allylic oxidation sites excluding steroid dienone is 3. The summed E-state index contributed by atoms with van der Waals surface area (Å²) in [4.78, 5) is 12.4. The van der Waals surface area contributed by atoms with Gasteiger partial charge in [-0.1, -0.05) is 205 Å². The molecule has 0 radical (unpaired) electrons. The Morgan fingerprint density at radius 1 is 0.511 bits per heavy atom. The molecule has 0 bridgehead atoms. The van der Waals surface area contributed by atoms with E-state index in [9.17, 15) is 20.1 Å². The topological polar surface area (TPSA) is 89.8 Å². The van der Waals surface area contributed by atoms with E-state index in [0.29, 0.717) is 6.42 Å². The summed E-state index contributed by atoms with van der Waals surface area (Å²) in [6.07, 6.45) is 44.9. The third-order valence-corrected chi connectivity index (χ3v) is 9.54. The monoisotopic (exact) mass is 664 g/mol. The predicted molar refractivity (Wildman–Crippen MR) is 204 cm³/mol. The van der Waals surface area contributed by atoms with Gasteiger partial charge in [0.1, 0.15) is 6.10 Å². The van der Waals surface area contributed by atoms with Gasteiger partial charge in [0.05, 0.1) is 18.8 Å². The maximum absolute atomic E-state index is 12.4. The number of nitrogens with one attached hydrogen (secondary N) is 1. The number of amides is 1. The molecule has 0 aromatic heterocycles. The molecule has 0 rings (SSSR count). The molecule has 4 N–H and O–H groups in total. The largest absolute Gasteiger partial charge is 0.394 e. The van der Waals surface area contributed by atoms with Gasteiger partial charge in [0, 0.05) is 0 Å². The number of carbonyl (C=O) groups is 1. The van der Waals surface area contributed by atoms with Gasteiger partial charge in [0.2, 0.25) is 5.91 Å². The average molecular weight is 664 g/mol. The Hall–Kier alpha value is -1.17. The van der Waals surface area contributed by atoms with Crippen LogP contribution in [0.1, 0.15) is 213 Å². The van der Waals surface area contributed by atoms with Crippen molar-refractivity contribution in [2.45, 2.75) is 231 Å². The lowest BCUT2D eigenvalue weighted by atomic mass is 10.0. The van der Waals surface area contributed by atoms with E-state index in [0.717, 1.165) is 38.5 Å². The summed E-state index contributed by atoms with van der Waals surface area (Å²) in [5.41, 5.74) is 0. The fourth-order valence-electron chi connectivity index (χ4n) is 6.26. The van der Waals surface area contributed by atoms with E-state index < -0.39 is 24.2 Å². The van der Waals surface area contributed by atoms with Crippen LogP contribution in [0.2, 0.25) is 0 Å². The third-order valence-electron chi connectivity index (χ3n) is 9.54. The number of carbonyl (C=O) groups excluding carboxylic acids is 1. The summed E-state index contributed by atoms with van der Waals surface area (Å²) in [6.45, 7) is 4.17. The van der Waals surface area contributed by atoms with Crippen molar-refractivity contribution in [3.63, 3.8) is 0 Å². The van der Waals surface area contributed by atoms with E-state index in [-0.39, 0.29) is 6.61 Å². The van der Waals surface area contributed by atoms with Gasteiger partial charge < -0.3 is 20.6 Å². The molecule has 0 fully saturated rings. The van der Waals surface area contributed by atoms with E-state index in [1.54, 1.807) is 6.08 Å². The standard InChI is InChI=1S/C42H81NO4/c1-3-5-7-9-11-13-15-17-19-20-21-23-25-27-29-31-33-35-37-41(46)42(47)43-39(38-44)40(45)36-34-32-30-28-26-24-22-18-16-14-12-10-8-6-4-2/h26,28,34,36,39-41,44-46H,3-25,27,29-33,35,37-38H2,1-2H3,(H,43,47)/b28-26+,36-34+. The molecule has 47 heavy (non-hydrogen) atoms. The molecule has 0 spiro atoms. The normalized spacial score (nSPS) is 13.9. The Bertz CT molecular complexity index is 694. The Kier molecular flexibility index (Phi) is 36.7. The quantitative estimate of drug-likeness (QED) is 0.0393. The van der Waals surface area contributed by atoms with Crippen LogP contribution >= 0.6 is 0 Å². The molecule has 0 aliphatic rings. The summed E-state index contributed by atoms with van der Waals surface area (Å²) in [6, 6.07) is -0.809. The summed E-state index contributed by atoms with van der Waals surface area (Å²) in [5.74, 6) is -0.511. The molecule has 278 valence electrons. The van der Waals surface area contributed by atoms with E-state index in [1.807, 2.05) is 6.08 Å². The second-order valence-corrected chi connectivity index (χ2v) is 14.2. The zero-order valence-corrected chi connectivity index (χ0v) is 31.4. The molecule has 5 nitrogen and oxygen atoms in total. The molecule has 1 amide bonds. The van der Waals surface area contributed by atoms with E-state index >= 15 is 0 Å². The van der Waals surface area contributed by atoms with Crippen molar-refractivity contribution < 1.29 is 20.1 Å². The van der Waals surface area contributed by atoms with Crippen molar-refractivity contribution in [2.24, 2.45) is 0 Å². The van der Waals surface area contributed by atoms with Gasteiger partial charge in [0.15, 0.2) is 0 Å². The minimum Gasteiger partial charge on any atom is -0.394 e. The van der Waals surface area contributed by atoms with Crippen molar-refractivity contribution in [1.29, 1.82) is 0 Å². The Labute approximate surface area is 292 Å². The summed E-state index contributed by atoms with van der Waals surface area (Å²) < 4.78 is 0. The smallest absolute Gasteiger partial charge is 0.249 e. The van der Waals surface area contributed by atoms with Crippen molar-refractivity contribution in [3.8, 4) is 0 Å². The van der Waals surface area contributed by atoms with Crippen molar-refractivity contribution in [1.82, 2.24) is 5.32 Å². The summed E-state index contributed by atoms with van der Waals surface area (Å²) >= 11 is 0. The Morgan fingerprint density at radius 2 is 0.872 bits per heavy atom. The second kappa shape index (κ2) is 37.6. The fourth-order valence-corrected chi connectivity index (χ4v) is 6.26. The van der Waals surface area contributed by atoms with E-state index in [1.165, 1.54) is 154 Å². The van der Waals surface area contributed by atoms with Crippen LogP contribution in [0.3, 0.4) is 0 Å². The number of aliphatic hydroxyl groups excluding tert-OH is 3. The highest BCUT2D eigenvalue weighted by atomic mass is 16.3. The van der Waals surface area contributed by atoms with Gasteiger partial charge in [0.25, 0.3) is 0 Å². The number of aliphatic hydroxyl groups is 3. The molecular formula is C42H81NO4. The molecule has 0 heterocycles. The number of rotatable bonds is 37. The van der Waals surface area contributed by atoms with Crippen LogP contribution < -0.4 is 5.32 Å². The molecule has 3 atom stereocenters. The minimum atomic E-state index is -1.10. The zero-order valence-electron chi connectivity index (χ0n) is 31.4. The Balaban J connectivity index is 3.71. The predicted octanol–water partition coefficient (Wildman–Crippen LogP) is 11.4. The highest BCUT2D eigenvalue weighted by molar-refractivity contribution is 5.80. The number of hydrogen-bond acceptors (Lipinski definition) is 4. The molecule has 0 aromatic rings. The van der Waals surface area contributed by atoms with Gasteiger partial charge in [-0.15, -0.1) is 0 Å². The molecule has 0 aliphatic heterocycles. The van der Waals surface area contributed by atoms with Gasteiger partial charge >= 0.3 is 0 Å². The first kappa shape index (κ1) is 45.8. The Morgan fingerprint density at radius 3 is 1.30 bits per heavy atom. The second-order valence-electron chi connectivity index (χ2n) is 14.2. The molecule has 0 aliphatic carbocycles. The highest BCUT2D eigenvalue weighted by Gasteiger charge is 2.22. The SMILES string of the molecule is CCCCCCCCCCC/C=C/CC/C=C/C(O)C(CO)NC(=O)C(O)CCCCCCCCCCCCCCCCCCCC. The van der Waals surface area contributed by atoms with Gasteiger partial charge in [-0.25, -0.2) is 0 Å². The lowest BCUT2D eigenvalue weighted by Gasteiger charge is -2.21. The highest BCUT2D eigenvalue weighted by Crippen LogP contribution is 2.15. The van der Waals surface area contributed by atoms with Crippen molar-refractivity contribution >= 4 is 5.91 Å². The number of hydrogen-bond donors (Lipinski definition) is 4. The van der Waals surface area contributed by atoms with E-state index in [2.05, 4.69) is 31.3 Å². The lowest BCUT2D eigenvalue weighted by molar-refractivity contribution is -0.131. The minimum absolute atomic E-state index is 0.373. The van der Waals surface area contributed by atoms with Crippen molar-refractivity contribution in [3.05, 3.63) is 24.3 Å². The first-order chi connectivity index (χ1) is 23.1. The van der Waals surface area contributed by atoms with E-state index in [4.69, 9.17) is 0 Å². The first-order valence-electron chi connectivity index (χ1n) is 20.7. The third kappa shape index (κ3) is 33.1. The van der Waals surface area contributed by atoms with Gasteiger partial charge in [-0.2, -0.15) is 0 Å². The molecule has 3 unspecified atom stereocenters. The van der Waals surface area contributed by atoms with Crippen LogP contribution in [-0.2, 0) is 4.79 Å². The molecule has 0 saturated carbocycles. The fraction of sp³-hybridized carbons (Fsp3) is 0.881. The molecule has 0 saturated heterocycles. The van der Waals surface area contributed by atoms with Crippen LogP contribution in [0.5, 0.6) is 0 Å². The lowest BCUT2D eigenvalue weighted by Crippen LogP contribution is -2.48. The molecular weight excluding hydrogens is 582 g/mol. The number of unbranched alkanes of at least 4 members (excludes halogenated alkanes) is 27.